The molecule has 0 aromatic heterocycles. The molecule has 8 nitrogen and oxygen atoms in total. The molecule has 0 saturated carbocycles. The number of aliphatic hydroxyl groups excluding tert-OH is 2. The van der Waals surface area contributed by atoms with Crippen molar-refractivity contribution in [3.05, 3.63) is 34.9 Å². The fourth-order valence-electron chi connectivity index (χ4n) is 4.44. The van der Waals surface area contributed by atoms with Gasteiger partial charge in [-0.15, -0.1) is 0 Å². The van der Waals surface area contributed by atoms with Crippen LogP contribution in [0.1, 0.15) is 22.6 Å². The minimum atomic E-state index is -0.467. The lowest BCUT2D eigenvalue weighted by Gasteiger charge is -2.39. The molecule has 3 rings (SSSR count). The summed E-state index contributed by atoms with van der Waals surface area (Å²) < 4.78 is 21.4. The Morgan fingerprint density at radius 2 is 1.37 bits per heavy atom. The van der Waals surface area contributed by atoms with E-state index in [0.717, 1.165) is 5.56 Å². The van der Waals surface area contributed by atoms with Gasteiger partial charge in [-0.2, -0.15) is 0 Å². The van der Waals surface area contributed by atoms with Crippen molar-refractivity contribution < 1.29 is 39.4 Å². The molecule has 4 N–H and O–H groups in total. The normalized spacial score (nSPS) is 20.4. The SMILES string of the molecule is COc1cc([C@H]2c3c(cc(OC)c(O)c3OC)C[C@H](CO)[C@H]2CO)cc(OC)c1O. The molecule has 0 saturated heterocycles. The number of hydrogen-bond donors (Lipinski definition) is 4. The molecule has 30 heavy (non-hydrogen) atoms. The maximum absolute atomic E-state index is 10.7. The van der Waals surface area contributed by atoms with Gasteiger partial charge in [0.05, 0.1) is 28.4 Å². The largest absolute Gasteiger partial charge is 0.502 e. The van der Waals surface area contributed by atoms with E-state index in [-0.39, 0.29) is 59.5 Å². The van der Waals surface area contributed by atoms with Crippen LogP contribution in [0.4, 0.5) is 0 Å². The molecule has 0 fully saturated rings. The molecule has 2 aromatic rings. The van der Waals surface area contributed by atoms with E-state index in [2.05, 4.69) is 0 Å². The summed E-state index contributed by atoms with van der Waals surface area (Å²) in [5, 5.41) is 41.3. The van der Waals surface area contributed by atoms with E-state index in [1.54, 1.807) is 18.2 Å². The van der Waals surface area contributed by atoms with Crippen LogP contribution in [-0.4, -0.2) is 62.1 Å². The lowest BCUT2D eigenvalue weighted by atomic mass is 9.66. The molecule has 1 aliphatic carbocycles. The lowest BCUT2D eigenvalue weighted by Crippen LogP contribution is -2.35. The summed E-state index contributed by atoms with van der Waals surface area (Å²) in [6, 6.07) is 5.05. The third-order valence-corrected chi connectivity index (χ3v) is 5.90. The van der Waals surface area contributed by atoms with Crippen LogP contribution in [0.15, 0.2) is 18.2 Å². The number of fused-ring (bicyclic) bond motifs is 1. The molecule has 0 spiro atoms. The molecule has 0 amide bonds. The van der Waals surface area contributed by atoms with Crippen LogP contribution in [0.2, 0.25) is 0 Å². The van der Waals surface area contributed by atoms with Gasteiger partial charge in [-0.25, -0.2) is 0 Å². The Kier molecular flexibility index (Phi) is 6.48. The molecule has 0 heterocycles. The van der Waals surface area contributed by atoms with Gasteiger partial charge < -0.3 is 39.4 Å². The van der Waals surface area contributed by atoms with E-state index in [1.807, 2.05) is 0 Å². The Bertz CT molecular complexity index is 885. The van der Waals surface area contributed by atoms with Crippen molar-refractivity contribution >= 4 is 0 Å². The zero-order valence-corrected chi connectivity index (χ0v) is 17.5. The predicted molar refractivity (Wildman–Crippen MR) is 109 cm³/mol. The number of methoxy groups -OCH3 is 4. The average molecular weight is 420 g/mol. The fraction of sp³-hybridized carbons (Fsp3) is 0.455. The molecule has 1 aliphatic rings. The Morgan fingerprint density at radius 1 is 0.800 bits per heavy atom. The van der Waals surface area contributed by atoms with Gasteiger partial charge in [0.15, 0.2) is 23.0 Å². The monoisotopic (exact) mass is 420 g/mol. The van der Waals surface area contributed by atoms with Gasteiger partial charge in [0.25, 0.3) is 0 Å². The van der Waals surface area contributed by atoms with Crippen molar-refractivity contribution in [2.75, 3.05) is 41.7 Å². The van der Waals surface area contributed by atoms with E-state index in [0.29, 0.717) is 17.5 Å². The number of benzene rings is 2. The average Bonchev–Trinajstić information content (AvgIpc) is 2.77. The zero-order valence-electron chi connectivity index (χ0n) is 17.5. The number of aromatic hydroxyl groups is 2. The summed E-state index contributed by atoms with van der Waals surface area (Å²) in [5.41, 5.74) is 2.21. The zero-order chi connectivity index (χ0) is 22.0. The first kappa shape index (κ1) is 21.9. The van der Waals surface area contributed by atoms with Crippen LogP contribution in [0.3, 0.4) is 0 Å². The van der Waals surface area contributed by atoms with Gasteiger partial charge >= 0.3 is 0 Å². The van der Waals surface area contributed by atoms with Gasteiger partial charge in [-0.3, -0.25) is 0 Å². The summed E-state index contributed by atoms with van der Waals surface area (Å²) in [5.74, 6) is -0.411. The third kappa shape index (κ3) is 3.46. The van der Waals surface area contributed by atoms with E-state index in [9.17, 15) is 20.4 Å². The number of rotatable bonds is 7. The van der Waals surface area contributed by atoms with Crippen LogP contribution < -0.4 is 18.9 Å². The fourth-order valence-corrected chi connectivity index (χ4v) is 4.44. The van der Waals surface area contributed by atoms with Gasteiger partial charge in [-0.05, 0) is 47.6 Å². The van der Waals surface area contributed by atoms with E-state index in [1.165, 1.54) is 28.4 Å². The van der Waals surface area contributed by atoms with Crippen molar-refractivity contribution in [1.82, 2.24) is 0 Å². The summed E-state index contributed by atoms with van der Waals surface area (Å²) in [4.78, 5) is 0. The quantitative estimate of drug-likeness (QED) is 0.538. The standard InChI is InChI=1S/C22H28O8/c1-27-15-7-12(8-16(28-2)20(15)25)18-14(10-24)13(9-23)5-11-6-17(29-3)21(26)22(30-4)19(11)18/h6-8,13-14,18,23-26H,5,9-10H2,1-4H3/t13-,14-,18-/m1/s1. The van der Waals surface area contributed by atoms with Crippen molar-refractivity contribution in [3.63, 3.8) is 0 Å². The molecule has 0 aliphatic heterocycles. The maximum Gasteiger partial charge on any atom is 0.201 e. The molecule has 0 bridgehead atoms. The lowest BCUT2D eigenvalue weighted by molar-refractivity contribution is 0.0999. The number of phenols is 2. The number of phenolic OH excluding ortho intramolecular Hbond substituents is 2. The summed E-state index contributed by atoms with van der Waals surface area (Å²) in [6.07, 6.45) is 0.479. The van der Waals surface area contributed by atoms with E-state index in [4.69, 9.17) is 18.9 Å². The Labute approximate surface area is 175 Å². The van der Waals surface area contributed by atoms with Crippen LogP contribution in [0.5, 0.6) is 34.5 Å². The number of aliphatic hydroxyl groups is 2. The first-order valence-corrected chi connectivity index (χ1v) is 9.58. The summed E-state index contributed by atoms with van der Waals surface area (Å²) in [7, 11) is 5.78. The smallest absolute Gasteiger partial charge is 0.201 e. The predicted octanol–water partition coefficient (Wildman–Crippen LogP) is 2.04. The molecule has 8 heteroatoms. The van der Waals surface area contributed by atoms with Crippen molar-refractivity contribution in [1.29, 1.82) is 0 Å². The molecule has 0 unspecified atom stereocenters. The van der Waals surface area contributed by atoms with Crippen LogP contribution in [0, 0.1) is 11.8 Å². The van der Waals surface area contributed by atoms with Gasteiger partial charge in [-0.1, -0.05) is 0 Å². The van der Waals surface area contributed by atoms with Gasteiger partial charge in [0.2, 0.25) is 11.5 Å². The second-order valence-corrected chi connectivity index (χ2v) is 7.28. The minimum Gasteiger partial charge on any atom is -0.502 e. The Balaban J connectivity index is 2.34. The van der Waals surface area contributed by atoms with Crippen LogP contribution in [0.25, 0.3) is 0 Å². The topological polar surface area (TPSA) is 118 Å². The highest BCUT2D eigenvalue weighted by Gasteiger charge is 2.41. The second kappa shape index (κ2) is 8.89. The first-order valence-electron chi connectivity index (χ1n) is 9.58. The van der Waals surface area contributed by atoms with Crippen molar-refractivity contribution in [2.45, 2.75) is 12.3 Å². The van der Waals surface area contributed by atoms with E-state index >= 15 is 0 Å². The van der Waals surface area contributed by atoms with Crippen LogP contribution in [-0.2, 0) is 6.42 Å². The highest BCUT2D eigenvalue weighted by molar-refractivity contribution is 5.64. The summed E-state index contributed by atoms with van der Waals surface area (Å²) in [6.45, 7) is -0.324. The van der Waals surface area contributed by atoms with Gasteiger partial charge in [0, 0.05) is 24.7 Å². The maximum atomic E-state index is 10.7. The van der Waals surface area contributed by atoms with Crippen LogP contribution >= 0.6 is 0 Å². The molecule has 3 atom stereocenters. The minimum absolute atomic E-state index is 0.126. The molecular weight excluding hydrogens is 392 g/mol. The molecule has 2 aromatic carbocycles. The first-order chi connectivity index (χ1) is 14.4. The Hall–Kier alpha value is -2.84. The van der Waals surface area contributed by atoms with Crippen molar-refractivity contribution in [2.24, 2.45) is 11.8 Å². The molecule has 0 radical (unpaired) electrons. The molecule has 164 valence electrons. The third-order valence-electron chi connectivity index (χ3n) is 5.90. The van der Waals surface area contributed by atoms with Gasteiger partial charge in [0.1, 0.15) is 0 Å². The molecular formula is C22H28O8. The highest BCUT2D eigenvalue weighted by atomic mass is 16.5. The summed E-state index contributed by atoms with van der Waals surface area (Å²) >= 11 is 0. The number of ether oxygens (including phenoxy) is 4. The second-order valence-electron chi connectivity index (χ2n) is 7.28. The number of hydrogen-bond acceptors (Lipinski definition) is 8. The highest BCUT2D eigenvalue weighted by Crippen LogP contribution is 2.54. The van der Waals surface area contributed by atoms with Crippen molar-refractivity contribution in [3.8, 4) is 34.5 Å². The van der Waals surface area contributed by atoms with E-state index < -0.39 is 5.92 Å². The Morgan fingerprint density at radius 3 is 1.83 bits per heavy atom.